The fourth-order valence-electron chi connectivity index (χ4n) is 1.48. The second-order valence-electron chi connectivity index (χ2n) is 3.16. The summed E-state index contributed by atoms with van der Waals surface area (Å²) in [6.07, 6.45) is 5.17. The summed E-state index contributed by atoms with van der Waals surface area (Å²) < 4.78 is 1.19. The van der Waals surface area contributed by atoms with Crippen LogP contribution in [0.2, 0.25) is 0 Å². The van der Waals surface area contributed by atoms with Crippen LogP contribution in [0.25, 0.3) is 21.3 Å². The number of hydrogen-bond donors (Lipinski definition) is 0. The average Bonchev–Trinajstić information content (AvgIpc) is 2.77. The normalized spacial score (nSPS) is 10.7. The van der Waals surface area contributed by atoms with Crippen LogP contribution in [0.4, 0.5) is 0 Å². The van der Waals surface area contributed by atoms with E-state index >= 15 is 0 Å². The van der Waals surface area contributed by atoms with Crippen LogP contribution in [-0.2, 0) is 0 Å². The quantitative estimate of drug-likeness (QED) is 0.624. The van der Waals surface area contributed by atoms with E-state index in [9.17, 15) is 0 Å². The van der Waals surface area contributed by atoms with Crippen LogP contribution in [0.15, 0.2) is 42.4 Å². The maximum absolute atomic E-state index is 4.24. The maximum Gasteiger partial charge on any atom is 0.115 e. The van der Waals surface area contributed by atoms with Crippen molar-refractivity contribution in [3.8, 4) is 11.1 Å². The Kier molecular flexibility index (Phi) is 1.93. The summed E-state index contributed by atoms with van der Waals surface area (Å²) in [5.74, 6) is 0. The van der Waals surface area contributed by atoms with Crippen LogP contribution in [0.1, 0.15) is 0 Å². The van der Waals surface area contributed by atoms with Crippen molar-refractivity contribution < 1.29 is 0 Å². The molecule has 3 aromatic rings. The summed E-state index contributed by atoms with van der Waals surface area (Å²) in [5.41, 5.74) is 5.07. The predicted octanol–water partition coefficient (Wildman–Crippen LogP) is 2.75. The number of benzene rings is 1. The van der Waals surface area contributed by atoms with Crippen LogP contribution in [0.3, 0.4) is 0 Å². The summed E-state index contributed by atoms with van der Waals surface area (Å²) in [7, 11) is 0. The summed E-state index contributed by atoms with van der Waals surface area (Å²) in [4.78, 5) is 12.3. The van der Waals surface area contributed by atoms with Gasteiger partial charge < -0.3 is 0 Å². The van der Waals surface area contributed by atoms with Gasteiger partial charge in [-0.25, -0.2) is 15.0 Å². The van der Waals surface area contributed by atoms with Gasteiger partial charge in [0.1, 0.15) is 6.33 Å². The van der Waals surface area contributed by atoms with Crippen molar-refractivity contribution in [1.29, 1.82) is 0 Å². The van der Waals surface area contributed by atoms with Crippen molar-refractivity contribution in [3.05, 3.63) is 42.4 Å². The van der Waals surface area contributed by atoms with Crippen LogP contribution < -0.4 is 0 Å². The minimum absolute atomic E-state index is 1.04. The molecule has 0 aliphatic rings. The molecule has 4 heteroatoms. The van der Waals surface area contributed by atoms with Gasteiger partial charge >= 0.3 is 0 Å². The van der Waals surface area contributed by atoms with E-state index in [1.807, 2.05) is 30.0 Å². The lowest BCUT2D eigenvalue weighted by molar-refractivity contribution is 1.17. The monoisotopic (exact) mass is 213 g/mol. The molecule has 0 N–H and O–H groups in total. The zero-order valence-corrected chi connectivity index (χ0v) is 8.61. The summed E-state index contributed by atoms with van der Waals surface area (Å²) in [5, 5.41) is 0. The van der Waals surface area contributed by atoms with E-state index in [0.29, 0.717) is 0 Å². The van der Waals surface area contributed by atoms with Crippen LogP contribution in [0.5, 0.6) is 0 Å². The topological polar surface area (TPSA) is 38.7 Å². The number of thiazole rings is 1. The Hall–Kier alpha value is -1.81. The highest BCUT2D eigenvalue weighted by Crippen LogP contribution is 2.24. The van der Waals surface area contributed by atoms with Crippen molar-refractivity contribution in [1.82, 2.24) is 15.0 Å². The van der Waals surface area contributed by atoms with Crippen molar-refractivity contribution >= 4 is 21.6 Å². The molecule has 15 heavy (non-hydrogen) atoms. The Bertz CT molecular complexity index is 589. The lowest BCUT2D eigenvalue weighted by Gasteiger charge is -1.99. The first-order chi connectivity index (χ1) is 7.43. The number of rotatable bonds is 1. The molecule has 0 bridgehead atoms. The van der Waals surface area contributed by atoms with E-state index in [2.05, 4.69) is 21.0 Å². The van der Waals surface area contributed by atoms with Crippen molar-refractivity contribution in [3.63, 3.8) is 0 Å². The van der Waals surface area contributed by atoms with E-state index in [1.165, 1.54) is 11.0 Å². The maximum atomic E-state index is 4.24. The highest BCUT2D eigenvalue weighted by Gasteiger charge is 2.01. The third-order valence-corrected chi connectivity index (χ3v) is 3.02. The molecular weight excluding hydrogens is 206 g/mol. The zero-order valence-electron chi connectivity index (χ0n) is 7.79. The van der Waals surface area contributed by atoms with Gasteiger partial charge in [-0.05, 0) is 17.7 Å². The number of nitrogens with zero attached hydrogens (tertiary/aromatic N) is 3. The van der Waals surface area contributed by atoms with E-state index in [1.54, 1.807) is 11.3 Å². The standard InChI is InChI=1S/C11H7N3S/c1-2-10-11(15-7-14-10)3-8(1)9-4-12-6-13-5-9/h1-7H. The van der Waals surface area contributed by atoms with Gasteiger partial charge in [0.05, 0.1) is 15.7 Å². The molecular formula is C11H7N3S. The molecule has 0 fully saturated rings. The SMILES string of the molecule is c1ncc(-c2ccc3ncsc3c2)cn1. The molecule has 2 heterocycles. The smallest absolute Gasteiger partial charge is 0.115 e. The highest BCUT2D eigenvalue weighted by atomic mass is 32.1. The second-order valence-corrected chi connectivity index (χ2v) is 4.05. The zero-order chi connectivity index (χ0) is 10.1. The lowest BCUT2D eigenvalue weighted by Crippen LogP contribution is -1.81. The molecule has 2 aromatic heterocycles. The molecule has 0 amide bonds. The second kappa shape index (κ2) is 3.40. The van der Waals surface area contributed by atoms with Gasteiger partial charge in [0, 0.05) is 18.0 Å². The van der Waals surface area contributed by atoms with Crippen LogP contribution >= 0.6 is 11.3 Å². The van der Waals surface area contributed by atoms with Crippen molar-refractivity contribution in [2.45, 2.75) is 0 Å². The first kappa shape index (κ1) is 8.49. The van der Waals surface area contributed by atoms with E-state index in [0.717, 1.165) is 16.6 Å². The number of hydrogen-bond acceptors (Lipinski definition) is 4. The van der Waals surface area contributed by atoms with Gasteiger partial charge in [0.15, 0.2) is 0 Å². The van der Waals surface area contributed by atoms with Crippen molar-refractivity contribution in [2.75, 3.05) is 0 Å². The van der Waals surface area contributed by atoms with Gasteiger partial charge in [-0.2, -0.15) is 0 Å². The number of fused-ring (bicyclic) bond motifs is 1. The molecule has 0 unspecified atom stereocenters. The van der Waals surface area contributed by atoms with Crippen molar-refractivity contribution in [2.24, 2.45) is 0 Å². The average molecular weight is 213 g/mol. The highest BCUT2D eigenvalue weighted by molar-refractivity contribution is 7.16. The minimum Gasteiger partial charge on any atom is -0.245 e. The fraction of sp³-hybridized carbons (Fsp3) is 0. The molecule has 0 saturated carbocycles. The Labute approximate surface area is 90.5 Å². The Morgan fingerprint density at radius 3 is 2.73 bits per heavy atom. The van der Waals surface area contributed by atoms with Gasteiger partial charge in [0.2, 0.25) is 0 Å². The van der Waals surface area contributed by atoms with Gasteiger partial charge in [-0.15, -0.1) is 11.3 Å². The summed E-state index contributed by atoms with van der Waals surface area (Å²) in [6.45, 7) is 0. The minimum atomic E-state index is 1.04. The fourth-order valence-corrected chi connectivity index (χ4v) is 2.20. The summed E-state index contributed by atoms with van der Waals surface area (Å²) >= 11 is 1.64. The molecule has 0 saturated heterocycles. The van der Waals surface area contributed by atoms with E-state index in [4.69, 9.17) is 0 Å². The third-order valence-electron chi connectivity index (χ3n) is 2.23. The summed E-state index contributed by atoms with van der Waals surface area (Å²) in [6, 6.07) is 6.18. The lowest BCUT2D eigenvalue weighted by atomic mass is 10.1. The van der Waals surface area contributed by atoms with Crippen LogP contribution in [0, 0.1) is 0 Å². The molecule has 0 spiro atoms. The molecule has 3 nitrogen and oxygen atoms in total. The molecule has 72 valence electrons. The third kappa shape index (κ3) is 1.49. The molecule has 3 rings (SSSR count). The predicted molar refractivity (Wildman–Crippen MR) is 60.6 cm³/mol. The van der Waals surface area contributed by atoms with E-state index < -0.39 is 0 Å². The molecule has 1 aromatic carbocycles. The van der Waals surface area contributed by atoms with Gasteiger partial charge in [0.25, 0.3) is 0 Å². The Morgan fingerprint density at radius 2 is 1.87 bits per heavy atom. The number of aromatic nitrogens is 3. The van der Waals surface area contributed by atoms with Gasteiger partial charge in [-0.1, -0.05) is 6.07 Å². The molecule has 0 aliphatic carbocycles. The Balaban J connectivity index is 2.19. The molecule has 0 atom stereocenters. The molecule has 0 radical (unpaired) electrons. The first-order valence-electron chi connectivity index (χ1n) is 4.52. The van der Waals surface area contributed by atoms with Gasteiger partial charge in [-0.3, -0.25) is 0 Å². The first-order valence-corrected chi connectivity index (χ1v) is 5.40. The van der Waals surface area contributed by atoms with Crippen LogP contribution in [-0.4, -0.2) is 15.0 Å². The molecule has 0 aliphatic heterocycles. The van der Waals surface area contributed by atoms with E-state index in [-0.39, 0.29) is 0 Å². The largest absolute Gasteiger partial charge is 0.245 e. The Morgan fingerprint density at radius 1 is 1.00 bits per heavy atom.